The number of likely N-dealkylation sites (N-methyl/N-ethyl adjacent to an activating group) is 1. The van der Waals surface area contributed by atoms with Gasteiger partial charge in [0.2, 0.25) is 0 Å². The van der Waals surface area contributed by atoms with E-state index in [1.807, 2.05) is 13.8 Å². The van der Waals surface area contributed by atoms with E-state index in [2.05, 4.69) is 10.2 Å². The third kappa shape index (κ3) is 2.56. The van der Waals surface area contributed by atoms with E-state index in [-0.39, 0.29) is 5.91 Å². The minimum atomic E-state index is -0.0178. The molecule has 0 saturated carbocycles. The Hall–Kier alpha value is -1.36. The molecule has 0 unspecified atom stereocenters. The van der Waals surface area contributed by atoms with E-state index in [1.165, 1.54) is 0 Å². The lowest BCUT2D eigenvalue weighted by Crippen LogP contribution is -2.30. The monoisotopic (exact) mass is 211 g/mol. The first kappa shape index (κ1) is 11.7. The molecule has 1 N–H and O–H groups in total. The fraction of sp³-hybridized carbons (Fsp3) is 0.600. The first-order valence-corrected chi connectivity index (χ1v) is 4.84. The van der Waals surface area contributed by atoms with Gasteiger partial charge in [0.1, 0.15) is 0 Å². The SMILES string of the molecule is COCCN(C)C(=O)c1c(C)n[nH]c1C. The maximum atomic E-state index is 12.0. The molecular weight excluding hydrogens is 194 g/mol. The van der Waals surface area contributed by atoms with Crippen molar-refractivity contribution in [2.45, 2.75) is 13.8 Å². The summed E-state index contributed by atoms with van der Waals surface area (Å²) in [4.78, 5) is 13.6. The zero-order valence-electron chi connectivity index (χ0n) is 9.63. The molecule has 5 heteroatoms. The average molecular weight is 211 g/mol. The third-order valence-electron chi connectivity index (χ3n) is 2.32. The zero-order valence-corrected chi connectivity index (χ0v) is 9.63. The molecule has 84 valence electrons. The summed E-state index contributed by atoms with van der Waals surface area (Å²) in [5.41, 5.74) is 2.21. The molecule has 0 saturated heterocycles. The van der Waals surface area contributed by atoms with Crippen LogP contribution >= 0.6 is 0 Å². The van der Waals surface area contributed by atoms with Crippen molar-refractivity contribution in [3.8, 4) is 0 Å². The Morgan fingerprint density at radius 1 is 1.53 bits per heavy atom. The van der Waals surface area contributed by atoms with Crippen LogP contribution in [0.15, 0.2) is 0 Å². The highest BCUT2D eigenvalue weighted by Gasteiger charge is 2.18. The summed E-state index contributed by atoms with van der Waals surface area (Å²) in [5.74, 6) is -0.0178. The van der Waals surface area contributed by atoms with Crippen molar-refractivity contribution < 1.29 is 9.53 Å². The van der Waals surface area contributed by atoms with E-state index in [0.29, 0.717) is 18.7 Å². The summed E-state index contributed by atoms with van der Waals surface area (Å²) in [7, 11) is 3.37. The highest BCUT2D eigenvalue weighted by molar-refractivity contribution is 5.96. The Bertz CT molecular complexity index is 327. The molecule has 0 aliphatic rings. The van der Waals surface area contributed by atoms with Gasteiger partial charge in [-0.15, -0.1) is 0 Å². The van der Waals surface area contributed by atoms with Gasteiger partial charge in [-0.1, -0.05) is 0 Å². The first-order valence-electron chi connectivity index (χ1n) is 4.84. The van der Waals surface area contributed by atoms with Gasteiger partial charge in [-0.25, -0.2) is 0 Å². The van der Waals surface area contributed by atoms with Crippen LogP contribution < -0.4 is 0 Å². The normalized spacial score (nSPS) is 10.4. The highest BCUT2D eigenvalue weighted by atomic mass is 16.5. The Labute approximate surface area is 89.4 Å². The number of hydrogen-bond donors (Lipinski definition) is 1. The fourth-order valence-electron chi connectivity index (χ4n) is 1.39. The fourth-order valence-corrected chi connectivity index (χ4v) is 1.39. The molecule has 15 heavy (non-hydrogen) atoms. The number of nitrogens with one attached hydrogen (secondary N) is 1. The van der Waals surface area contributed by atoms with Gasteiger partial charge in [-0.05, 0) is 13.8 Å². The van der Waals surface area contributed by atoms with Crippen LogP contribution in [0.5, 0.6) is 0 Å². The van der Waals surface area contributed by atoms with Gasteiger partial charge in [0.25, 0.3) is 5.91 Å². The number of aromatic nitrogens is 2. The smallest absolute Gasteiger partial charge is 0.257 e. The molecule has 0 bridgehead atoms. The average Bonchev–Trinajstić information content (AvgIpc) is 2.54. The van der Waals surface area contributed by atoms with Crippen molar-refractivity contribution in [1.82, 2.24) is 15.1 Å². The second-order valence-electron chi connectivity index (χ2n) is 3.53. The lowest BCUT2D eigenvalue weighted by Gasteiger charge is -2.16. The minimum absolute atomic E-state index is 0.0178. The Morgan fingerprint density at radius 3 is 2.67 bits per heavy atom. The van der Waals surface area contributed by atoms with Crippen molar-refractivity contribution in [3.05, 3.63) is 17.0 Å². The summed E-state index contributed by atoms with van der Waals surface area (Å²) >= 11 is 0. The molecule has 0 spiro atoms. The molecule has 0 aliphatic heterocycles. The molecule has 1 amide bonds. The topological polar surface area (TPSA) is 58.2 Å². The zero-order chi connectivity index (χ0) is 11.4. The molecular formula is C10H17N3O2. The summed E-state index contributed by atoms with van der Waals surface area (Å²) in [6.07, 6.45) is 0. The van der Waals surface area contributed by atoms with E-state index in [1.54, 1.807) is 19.1 Å². The Morgan fingerprint density at radius 2 is 2.20 bits per heavy atom. The van der Waals surface area contributed by atoms with E-state index in [0.717, 1.165) is 11.4 Å². The molecule has 1 heterocycles. The number of carbonyl (C=O) groups excluding carboxylic acids is 1. The van der Waals surface area contributed by atoms with Crippen LogP contribution in [0.4, 0.5) is 0 Å². The standard InChI is InChI=1S/C10H17N3O2/c1-7-9(8(2)12-11-7)10(14)13(3)5-6-15-4/h5-6H2,1-4H3,(H,11,12). The maximum absolute atomic E-state index is 12.0. The van der Waals surface area contributed by atoms with Crippen LogP contribution in [0.3, 0.4) is 0 Å². The van der Waals surface area contributed by atoms with Crippen LogP contribution in [-0.4, -0.2) is 48.3 Å². The number of hydrogen-bond acceptors (Lipinski definition) is 3. The predicted molar refractivity (Wildman–Crippen MR) is 56.9 cm³/mol. The molecule has 0 aliphatic carbocycles. The lowest BCUT2D eigenvalue weighted by atomic mass is 10.2. The minimum Gasteiger partial charge on any atom is -0.383 e. The molecule has 5 nitrogen and oxygen atoms in total. The van der Waals surface area contributed by atoms with E-state index >= 15 is 0 Å². The maximum Gasteiger partial charge on any atom is 0.257 e. The number of aromatic amines is 1. The number of aryl methyl sites for hydroxylation is 2. The number of ether oxygens (including phenoxy) is 1. The largest absolute Gasteiger partial charge is 0.383 e. The molecule has 0 aromatic carbocycles. The second-order valence-corrected chi connectivity index (χ2v) is 3.53. The predicted octanol–water partition coefficient (Wildman–Crippen LogP) is 0.745. The first-order chi connectivity index (χ1) is 7.07. The van der Waals surface area contributed by atoms with Crippen LogP contribution in [0.1, 0.15) is 21.7 Å². The second kappa shape index (κ2) is 4.93. The van der Waals surface area contributed by atoms with Gasteiger partial charge in [0.05, 0.1) is 17.9 Å². The van der Waals surface area contributed by atoms with Gasteiger partial charge >= 0.3 is 0 Å². The van der Waals surface area contributed by atoms with Gasteiger partial charge in [-0.3, -0.25) is 9.89 Å². The number of amides is 1. The van der Waals surface area contributed by atoms with Gasteiger partial charge < -0.3 is 9.64 Å². The summed E-state index contributed by atoms with van der Waals surface area (Å²) in [6, 6.07) is 0. The Balaban J connectivity index is 2.76. The summed E-state index contributed by atoms with van der Waals surface area (Å²) in [6.45, 7) is 4.79. The van der Waals surface area contributed by atoms with Crippen molar-refractivity contribution in [3.63, 3.8) is 0 Å². The Kier molecular flexibility index (Phi) is 3.85. The number of rotatable bonds is 4. The molecule has 0 fully saturated rings. The van der Waals surface area contributed by atoms with Gasteiger partial charge in [0.15, 0.2) is 0 Å². The number of nitrogens with zero attached hydrogens (tertiary/aromatic N) is 2. The van der Waals surface area contributed by atoms with Crippen LogP contribution in [0.2, 0.25) is 0 Å². The van der Waals surface area contributed by atoms with Gasteiger partial charge in [-0.2, -0.15) is 5.10 Å². The van der Waals surface area contributed by atoms with E-state index in [4.69, 9.17) is 4.74 Å². The van der Waals surface area contributed by atoms with E-state index < -0.39 is 0 Å². The van der Waals surface area contributed by atoms with Crippen molar-refractivity contribution in [2.75, 3.05) is 27.3 Å². The lowest BCUT2D eigenvalue weighted by molar-refractivity contribution is 0.0743. The molecule has 0 radical (unpaired) electrons. The van der Waals surface area contributed by atoms with E-state index in [9.17, 15) is 4.79 Å². The highest BCUT2D eigenvalue weighted by Crippen LogP contribution is 2.11. The van der Waals surface area contributed by atoms with Crippen LogP contribution in [0, 0.1) is 13.8 Å². The number of carbonyl (C=O) groups is 1. The summed E-state index contributed by atoms with van der Waals surface area (Å²) in [5, 5.41) is 6.80. The molecule has 1 rings (SSSR count). The quantitative estimate of drug-likeness (QED) is 0.799. The molecule has 1 aromatic rings. The third-order valence-corrected chi connectivity index (χ3v) is 2.32. The van der Waals surface area contributed by atoms with Crippen molar-refractivity contribution in [1.29, 1.82) is 0 Å². The van der Waals surface area contributed by atoms with Crippen LogP contribution in [-0.2, 0) is 4.74 Å². The van der Waals surface area contributed by atoms with Crippen LogP contribution in [0.25, 0.3) is 0 Å². The van der Waals surface area contributed by atoms with Gasteiger partial charge in [0, 0.05) is 26.4 Å². The number of methoxy groups -OCH3 is 1. The molecule has 0 atom stereocenters. The van der Waals surface area contributed by atoms with Crippen molar-refractivity contribution >= 4 is 5.91 Å². The molecule has 1 aromatic heterocycles. The number of H-pyrrole nitrogens is 1. The summed E-state index contributed by atoms with van der Waals surface area (Å²) < 4.78 is 4.92. The van der Waals surface area contributed by atoms with Crippen molar-refractivity contribution in [2.24, 2.45) is 0 Å².